The summed E-state index contributed by atoms with van der Waals surface area (Å²) in [5.74, 6) is 0.173. The fraction of sp³-hybridized carbons (Fsp3) is 0.267. The molecule has 2 nitrogen and oxygen atoms in total. The van der Waals surface area contributed by atoms with Crippen molar-refractivity contribution in [2.24, 2.45) is 0 Å². The van der Waals surface area contributed by atoms with Crippen LogP contribution in [0.15, 0.2) is 41.8 Å². The monoisotopic (exact) mass is 259 g/mol. The van der Waals surface area contributed by atoms with E-state index in [1.54, 1.807) is 0 Å². The molecule has 94 valence electrons. The minimum atomic E-state index is 0.173. The van der Waals surface area contributed by atoms with Crippen LogP contribution in [-0.2, 0) is 6.42 Å². The molecule has 3 heteroatoms. The summed E-state index contributed by atoms with van der Waals surface area (Å²) in [6.45, 7) is 2.56. The summed E-state index contributed by atoms with van der Waals surface area (Å²) < 4.78 is 0. The topological polar surface area (TPSA) is 20.3 Å². The molecule has 0 saturated carbocycles. The third kappa shape index (κ3) is 2.99. The van der Waals surface area contributed by atoms with Crippen LogP contribution < -0.4 is 4.90 Å². The van der Waals surface area contributed by atoms with Gasteiger partial charge in [-0.1, -0.05) is 25.1 Å². The highest BCUT2D eigenvalue weighted by Crippen LogP contribution is 2.16. The van der Waals surface area contributed by atoms with Crippen LogP contribution in [0.2, 0.25) is 0 Å². The maximum absolute atomic E-state index is 12.0. The Morgan fingerprint density at radius 1 is 1.22 bits per heavy atom. The zero-order valence-electron chi connectivity index (χ0n) is 10.7. The number of aryl methyl sites for hydroxylation is 1. The molecule has 0 atom stereocenters. The van der Waals surface area contributed by atoms with Crippen molar-refractivity contribution in [3.05, 3.63) is 52.2 Å². The lowest BCUT2D eigenvalue weighted by atomic mass is 10.1. The van der Waals surface area contributed by atoms with Crippen molar-refractivity contribution in [3.8, 4) is 0 Å². The van der Waals surface area contributed by atoms with Gasteiger partial charge in [-0.25, -0.2) is 0 Å². The number of hydrogen-bond donors (Lipinski definition) is 0. The Kier molecular flexibility index (Phi) is 4.15. The lowest BCUT2D eigenvalue weighted by molar-refractivity contribution is 0.100. The van der Waals surface area contributed by atoms with Gasteiger partial charge in [0.05, 0.1) is 11.4 Å². The van der Waals surface area contributed by atoms with Gasteiger partial charge in [-0.3, -0.25) is 4.79 Å². The van der Waals surface area contributed by atoms with Gasteiger partial charge >= 0.3 is 0 Å². The van der Waals surface area contributed by atoms with Gasteiger partial charge in [-0.05, 0) is 35.6 Å². The highest BCUT2D eigenvalue weighted by Gasteiger charge is 2.10. The number of ketones is 1. The summed E-state index contributed by atoms with van der Waals surface area (Å²) in [6, 6.07) is 12.2. The van der Waals surface area contributed by atoms with Crippen molar-refractivity contribution in [2.75, 3.05) is 18.5 Å². The molecule has 1 aromatic heterocycles. The van der Waals surface area contributed by atoms with Crippen LogP contribution in [0.25, 0.3) is 0 Å². The molecule has 0 aliphatic heterocycles. The largest absolute Gasteiger partial charge is 0.367 e. The molecule has 2 rings (SSSR count). The number of thiophene rings is 1. The van der Waals surface area contributed by atoms with Gasteiger partial charge in [0.2, 0.25) is 0 Å². The Bertz CT molecular complexity index is 502. The van der Waals surface area contributed by atoms with Gasteiger partial charge in [0, 0.05) is 12.7 Å². The van der Waals surface area contributed by atoms with E-state index in [1.807, 2.05) is 29.5 Å². The number of anilines is 1. The maximum atomic E-state index is 12.0. The van der Waals surface area contributed by atoms with Crippen molar-refractivity contribution in [3.63, 3.8) is 0 Å². The number of benzene rings is 1. The van der Waals surface area contributed by atoms with Gasteiger partial charge in [0.15, 0.2) is 5.78 Å². The second-order valence-corrected chi connectivity index (χ2v) is 5.22. The standard InChI is InChI=1S/C15H17NOS/c1-3-12-6-8-13(9-7-12)16(2)11-14(17)15-5-4-10-18-15/h4-10H,3,11H2,1-2H3. The van der Waals surface area contributed by atoms with Crippen LogP contribution in [-0.4, -0.2) is 19.4 Å². The second-order valence-electron chi connectivity index (χ2n) is 4.28. The van der Waals surface area contributed by atoms with Gasteiger partial charge in [0.25, 0.3) is 0 Å². The molecule has 2 aromatic rings. The summed E-state index contributed by atoms with van der Waals surface area (Å²) in [5, 5.41) is 1.93. The number of rotatable bonds is 5. The first kappa shape index (κ1) is 12.8. The first-order valence-electron chi connectivity index (χ1n) is 6.07. The summed E-state index contributed by atoms with van der Waals surface area (Å²) in [5.41, 5.74) is 2.40. The fourth-order valence-electron chi connectivity index (χ4n) is 1.81. The molecule has 0 aliphatic carbocycles. The molecule has 0 aliphatic rings. The summed E-state index contributed by atoms with van der Waals surface area (Å²) >= 11 is 1.50. The molecule has 1 heterocycles. The van der Waals surface area contributed by atoms with Crippen LogP contribution in [0.5, 0.6) is 0 Å². The molecule has 18 heavy (non-hydrogen) atoms. The van der Waals surface area contributed by atoms with E-state index in [9.17, 15) is 4.79 Å². The molecule has 0 unspecified atom stereocenters. The maximum Gasteiger partial charge on any atom is 0.191 e. The lowest BCUT2D eigenvalue weighted by Gasteiger charge is -2.18. The average Bonchev–Trinajstić information content (AvgIpc) is 2.92. The molecule has 0 N–H and O–H groups in total. The van der Waals surface area contributed by atoms with Gasteiger partial charge in [0.1, 0.15) is 0 Å². The Morgan fingerprint density at radius 2 is 1.94 bits per heavy atom. The van der Waals surface area contributed by atoms with Crippen LogP contribution in [0.1, 0.15) is 22.2 Å². The molecular formula is C15H17NOS. The lowest BCUT2D eigenvalue weighted by Crippen LogP contribution is -2.25. The Balaban J connectivity index is 2.02. The van der Waals surface area contributed by atoms with Gasteiger partial charge < -0.3 is 4.90 Å². The average molecular weight is 259 g/mol. The number of hydrogen-bond acceptors (Lipinski definition) is 3. The molecule has 0 radical (unpaired) electrons. The van der Waals surface area contributed by atoms with Gasteiger partial charge in [-0.15, -0.1) is 11.3 Å². The number of likely N-dealkylation sites (N-methyl/N-ethyl adjacent to an activating group) is 1. The Labute approximate surface area is 112 Å². The minimum Gasteiger partial charge on any atom is -0.367 e. The number of nitrogens with zero attached hydrogens (tertiary/aromatic N) is 1. The van der Waals surface area contributed by atoms with E-state index in [2.05, 4.69) is 31.2 Å². The van der Waals surface area contributed by atoms with E-state index in [4.69, 9.17) is 0 Å². The molecule has 1 aromatic carbocycles. The van der Waals surface area contributed by atoms with Crippen molar-refractivity contribution >= 4 is 22.8 Å². The van der Waals surface area contributed by atoms with Crippen LogP contribution >= 0.6 is 11.3 Å². The van der Waals surface area contributed by atoms with Gasteiger partial charge in [-0.2, -0.15) is 0 Å². The van der Waals surface area contributed by atoms with Crippen LogP contribution in [0.4, 0.5) is 5.69 Å². The molecule has 0 saturated heterocycles. The quantitative estimate of drug-likeness (QED) is 0.764. The number of carbonyl (C=O) groups excluding carboxylic acids is 1. The summed E-state index contributed by atoms with van der Waals surface area (Å²) in [4.78, 5) is 14.8. The molecule has 0 spiro atoms. The van der Waals surface area contributed by atoms with Crippen molar-refractivity contribution in [1.82, 2.24) is 0 Å². The molecule has 0 amide bonds. The van der Waals surface area contributed by atoms with Crippen LogP contribution in [0, 0.1) is 0 Å². The second kappa shape index (κ2) is 5.83. The normalized spacial score (nSPS) is 10.3. The molecular weight excluding hydrogens is 242 g/mol. The van der Waals surface area contributed by atoms with E-state index >= 15 is 0 Å². The third-order valence-electron chi connectivity index (χ3n) is 2.96. The third-order valence-corrected chi connectivity index (χ3v) is 3.87. The highest BCUT2D eigenvalue weighted by atomic mass is 32.1. The van der Waals surface area contributed by atoms with E-state index in [0.29, 0.717) is 6.54 Å². The van der Waals surface area contributed by atoms with Crippen molar-refractivity contribution < 1.29 is 4.79 Å². The zero-order chi connectivity index (χ0) is 13.0. The van der Waals surface area contributed by atoms with E-state index in [-0.39, 0.29) is 5.78 Å². The first-order chi connectivity index (χ1) is 8.70. The van der Waals surface area contributed by atoms with E-state index in [0.717, 1.165) is 17.0 Å². The smallest absolute Gasteiger partial charge is 0.191 e. The molecule has 0 fully saturated rings. The van der Waals surface area contributed by atoms with E-state index < -0.39 is 0 Å². The predicted molar refractivity (Wildman–Crippen MR) is 77.7 cm³/mol. The minimum absolute atomic E-state index is 0.173. The summed E-state index contributed by atoms with van der Waals surface area (Å²) in [7, 11) is 1.95. The SMILES string of the molecule is CCc1ccc(N(C)CC(=O)c2cccs2)cc1. The van der Waals surface area contributed by atoms with Crippen LogP contribution in [0.3, 0.4) is 0 Å². The highest BCUT2D eigenvalue weighted by molar-refractivity contribution is 7.12. The fourth-order valence-corrected chi connectivity index (χ4v) is 2.46. The summed E-state index contributed by atoms with van der Waals surface area (Å²) in [6.07, 6.45) is 1.04. The Hall–Kier alpha value is -1.61. The predicted octanol–water partition coefficient (Wildman–Crippen LogP) is 3.63. The van der Waals surface area contributed by atoms with Crippen molar-refractivity contribution in [1.29, 1.82) is 0 Å². The molecule has 0 bridgehead atoms. The number of carbonyl (C=O) groups is 1. The Morgan fingerprint density at radius 3 is 2.50 bits per heavy atom. The van der Waals surface area contributed by atoms with Crippen molar-refractivity contribution in [2.45, 2.75) is 13.3 Å². The van der Waals surface area contributed by atoms with E-state index in [1.165, 1.54) is 16.9 Å². The number of Topliss-reactive ketones (excluding diaryl/α,β-unsaturated/α-hetero) is 1. The zero-order valence-corrected chi connectivity index (χ0v) is 11.5. The first-order valence-corrected chi connectivity index (χ1v) is 6.95.